The van der Waals surface area contributed by atoms with Gasteiger partial charge in [-0.15, -0.1) is 0 Å². The van der Waals surface area contributed by atoms with Crippen molar-refractivity contribution in [2.24, 2.45) is 17.3 Å². The van der Waals surface area contributed by atoms with Crippen LogP contribution in [-0.4, -0.2) is 18.3 Å². The monoisotopic (exact) mass is 300 g/mol. The summed E-state index contributed by atoms with van der Waals surface area (Å²) in [5, 5.41) is 10.5. The average molecular weight is 300 g/mol. The minimum absolute atomic E-state index is 0.0724. The van der Waals surface area contributed by atoms with Crippen LogP contribution in [0.2, 0.25) is 0 Å². The number of fused-ring (bicyclic) bond motifs is 5. The number of aliphatic hydroxyl groups excluding tert-OH is 1. The second-order valence-electron chi connectivity index (χ2n) is 8.07. The highest BCUT2D eigenvalue weighted by Crippen LogP contribution is 2.61. The second-order valence-corrected chi connectivity index (χ2v) is 8.07. The lowest BCUT2D eigenvalue weighted by atomic mass is 9.55. The third-order valence-corrected chi connectivity index (χ3v) is 7.19. The van der Waals surface area contributed by atoms with E-state index in [9.17, 15) is 5.11 Å². The van der Waals surface area contributed by atoms with Crippen molar-refractivity contribution in [1.29, 1.82) is 0 Å². The van der Waals surface area contributed by atoms with E-state index < -0.39 is 0 Å². The number of hydrogen-bond acceptors (Lipinski definition) is 2. The summed E-state index contributed by atoms with van der Waals surface area (Å²) in [4.78, 5) is 0. The Morgan fingerprint density at radius 2 is 2.00 bits per heavy atom. The molecule has 0 spiro atoms. The van der Waals surface area contributed by atoms with Gasteiger partial charge in [0.25, 0.3) is 0 Å². The quantitative estimate of drug-likeness (QED) is 0.841. The van der Waals surface area contributed by atoms with Crippen LogP contribution < -0.4 is 4.74 Å². The first-order valence-corrected chi connectivity index (χ1v) is 8.90. The van der Waals surface area contributed by atoms with E-state index >= 15 is 0 Å². The van der Waals surface area contributed by atoms with Crippen LogP contribution in [0.5, 0.6) is 5.75 Å². The van der Waals surface area contributed by atoms with Crippen LogP contribution in [0.25, 0.3) is 0 Å². The number of aliphatic hydroxyl groups is 1. The van der Waals surface area contributed by atoms with Gasteiger partial charge in [-0.25, -0.2) is 0 Å². The molecule has 0 unspecified atom stereocenters. The molecule has 0 saturated heterocycles. The first-order chi connectivity index (χ1) is 10.5. The van der Waals surface area contributed by atoms with E-state index in [-0.39, 0.29) is 11.5 Å². The Morgan fingerprint density at radius 3 is 2.77 bits per heavy atom. The molecule has 2 saturated carbocycles. The van der Waals surface area contributed by atoms with E-state index in [1.807, 2.05) is 0 Å². The lowest BCUT2D eigenvalue weighted by Crippen LogP contribution is -2.44. The van der Waals surface area contributed by atoms with Crippen molar-refractivity contribution in [2.75, 3.05) is 7.11 Å². The van der Waals surface area contributed by atoms with Gasteiger partial charge in [-0.05, 0) is 97.4 Å². The molecule has 2 heteroatoms. The van der Waals surface area contributed by atoms with Gasteiger partial charge in [0.15, 0.2) is 0 Å². The van der Waals surface area contributed by atoms with Crippen LogP contribution in [0.3, 0.4) is 0 Å². The molecule has 0 radical (unpaired) electrons. The number of aryl methyl sites for hydroxylation is 2. The Balaban J connectivity index is 1.73. The molecule has 1 N–H and O–H groups in total. The van der Waals surface area contributed by atoms with Crippen molar-refractivity contribution in [3.8, 4) is 5.75 Å². The van der Waals surface area contributed by atoms with Crippen molar-refractivity contribution >= 4 is 0 Å². The van der Waals surface area contributed by atoms with Gasteiger partial charge in [-0.3, -0.25) is 0 Å². The third-order valence-electron chi connectivity index (χ3n) is 7.19. The minimum Gasteiger partial charge on any atom is -0.497 e. The van der Waals surface area contributed by atoms with Gasteiger partial charge in [0.2, 0.25) is 0 Å². The molecule has 0 heterocycles. The summed E-state index contributed by atoms with van der Waals surface area (Å²) in [6, 6.07) is 4.47. The average Bonchev–Trinajstić information content (AvgIpc) is 2.82. The van der Waals surface area contributed by atoms with Crippen LogP contribution in [-0.2, 0) is 6.42 Å². The molecule has 1 aromatic rings. The topological polar surface area (TPSA) is 29.5 Å². The van der Waals surface area contributed by atoms with E-state index in [2.05, 4.69) is 26.0 Å². The molecule has 0 amide bonds. The van der Waals surface area contributed by atoms with E-state index in [4.69, 9.17) is 4.74 Å². The van der Waals surface area contributed by atoms with Gasteiger partial charge < -0.3 is 9.84 Å². The van der Waals surface area contributed by atoms with Crippen LogP contribution in [0.15, 0.2) is 12.1 Å². The summed E-state index contributed by atoms with van der Waals surface area (Å²) in [5.41, 5.74) is 4.71. The first-order valence-electron chi connectivity index (χ1n) is 8.90. The van der Waals surface area contributed by atoms with E-state index in [1.165, 1.54) is 43.2 Å². The Morgan fingerprint density at radius 1 is 1.18 bits per heavy atom. The molecule has 120 valence electrons. The minimum atomic E-state index is -0.0724. The van der Waals surface area contributed by atoms with Crippen molar-refractivity contribution in [1.82, 2.24) is 0 Å². The highest BCUT2D eigenvalue weighted by atomic mass is 16.5. The molecule has 2 nitrogen and oxygen atoms in total. The van der Waals surface area contributed by atoms with Crippen LogP contribution in [0.4, 0.5) is 0 Å². The fraction of sp³-hybridized carbons (Fsp3) is 0.700. The number of ether oxygens (including phenoxy) is 1. The van der Waals surface area contributed by atoms with Crippen LogP contribution >= 0.6 is 0 Å². The van der Waals surface area contributed by atoms with Crippen LogP contribution in [0.1, 0.15) is 61.6 Å². The summed E-state index contributed by atoms with van der Waals surface area (Å²) in [7, 11) is 1.76. The van der Waals surface area contributed by atoms with E-state index in [0.29, 0.717) is 5.92 Å². The zero-order chi connectivity index (χ0) is 15.5. The highest BCUT2D eigenvalue weighted by Gasteiger charge is 2.54. The van der Waals surface area contributed by atoms with Crippen molar-refractivity contribution in [3.05, 3.63) is 28.8 Å². The lowest BCUT2D eigenvalue weighted by molar-refractivity contribution is -0.0227. The standard InChI is InChI=1S/C20H28O2/c1-12-10-14(22-3)11-13-4-5-15-16(19(12)13)8-9-20(2)17(15)6-7-18(20)21/h10-11,15-18,21H,4-9H2,1-3H3/t15-,16+,17+,18+,20+/m1/s1. The number of methoxy groups -OCH3 is 1. The van der Waals surface area contributed by atoms with Gasteiger partial charge >= 0.3 is 0 Å². The van der Waals surface area contributed by atoms with Gasteiger partial charge in [0.1, 0.15) is 5.75 Å². The Bertz CT molecular complexity index is 594. The fourth-order valence-electron chi connectivity index (χ4n) is 6.03. The van der Waals surface area contributed by atoms with Gasteiger partial charge in [0, 0.05) is 0 Å². The largest absolute Gasteiger partial charge is 0.497 e. The zero-order valence-corrected chi connectivity index (χ0v) is 14.1. The maximum Gasteiger partial charge on any atom is 0.119 e. The first kappa shape index (κ1) is 14.6. The molecule has 3 aliphatic rings. The van der Waals surface area contributed by atoms with E-state index in [1.54, 1.807) is 12.7 Å². The number of benzene rings is 1. The van der Waals surface area contributed by atoms with Gasteiger partial charge in [-0.1, -0.05) is 6.92 Å². The lowest BCUT2D eigenvalue weighted by Gasteiger charge is -2.50. The molecule has 5 atom stereocenters. The number of rotatable bonds is 1. The summed E-state index contributed by atoms with van der Waals surface area (Å²) in [6.45, 7) is 4.60. The summed E-state index contributed by atoms with van der Waals surface area (Å²) in [6.07, 6.45) is 7.06. The predicted octanol–water partition coefficient (Wildman–Crippen LogP) is 4.22. The van der Waals surface area contributed by atoms with Gasteiger partial charge in [-0.2, -0.15) is 0 Å². The van der Waals surface area contributed by atoms with Crippen molar-refractivity contribution < 1.29 is 9.84 Å². The Kier molecular flexibility index (Phi) is 3.30. The molecule has 2 fully saturated rings. The normalized spacial score (nSPS) is 39.8. The Hall–Kier alpha value is -1.02. The fourth-order valence-corrected chi connectivity index (χ4v) is 6.03. The van der Waals surface area contributed by atoms with E-state index in [0.717, 1.165) is 24.0 Å². The molecular formula is C20H28O2. The molecule has 0 bridgehead atoms. The van der Waals surface area contributed by atoms with Crippen LogP contribution in [0, 0.1) is 24.2 Å². The number of hydrogen-bond donors (Lipinski definition) is 1. The molecular weight excluding hydrogens is 272 g/mol. The predicted molar refractivity (Wildman–Crippen MR) is 88.4 cm³/mol. The molecule has 0 aliphatic heterocycles. The molecule has 1 aromatic carbocycles. The zero-order valence-electron chi connectivity index (χ0n) is 14.1. The third kappa shape index (κ3) is 1.89. The maximum absolute atomic E-state index is 10.5. The van der Waals surface area contributed by atoms with Crippen molar-refractivity contribution in [3.63, 3.8) is 0 Å². The van der Waals surface area contributed by atoms with Gasteiger partial charge in [0.05, 0.1) is 13.2 Å². The molecule has 3 aliphatic carbocycles. The molecule has 0 aromatic heterocycles. The second kappa shape index (κ2) is 4.99. The SMILES string of the molecule is COc1cc(C)c2c(c1)CC[C@@H]1[C@@H]2CC[C@]2(C)[C@@H](O)CC[C@@H]12. The maximum atomic E-state index is 10.5. The summed E-state index contributed by atoms with van der Waals surface area (Å²) >= 11 is 0. The van der Waals surface area contributed by atoms with Crippen molar-refractivity contribution in [2.45, 2.75) is 64.4 Å². The molecule has 4 rings (SSSR count). The summed E-state index contributed by atoms with van der Waals surface area (Å²) in [5.74, 6) is 3.20. The molecule has 22 heavy (non-hydrogen) atoms. The summed E-state index contributed by atoms with van der Waals surface area (Å²) < 4.78 is 5.46. The smallest absolute Gasteiger partial charge is 0.119 e. The Labute approximate surface area is 133 Å². The highest BCUT2D eigenvalue weighted by molar-refractivity contribution is 5.46.